The van der Waals surface area contributed by atoms with Gasteiger partial charge in [0.1, 0.15) is 5.75 Å². The normalized spacial score (nSPS) is 12.3. The average Bonchev–Trinajstić information content (AvgIpc) is 2.60. The van der Waals surface area contributed by atoms with Gasteiger partial charge >= 0.3 is 0 Å². The van der Waals surface area contributed by atoms with E-state index in [2.05, 4.69) is 43.5 Å². The van der Waals surface area contributed by atoms with Crippen LogP contribution in [0.2, 0.25) is 0 Å². The van der Waals surface area contributed by atoms with Crippen molar-refractivity contribution in [1.29, 1.82) is 0 Å². The Kier molecular flexibility index (Phi) is 14.5. The number of guanidine groups is 1. The molecular formula is C20H36IN3O2. The summed E-state index contributed by atoms with van der Waals surface area (Å²) in [5.41, 5.74) is 2.44. The molecule has 6 heteroatoms. The third-order valence-electron chi connectivity index (χ3n) is 4.21. The summed E-state index contributed by atoms with van der Waals surface area (Å²) in [7, 11) is 1.71. The lowest BCUT2D eigenvalue weighted by atomic mass is 10.0. The molecule has 26 heavy (non-hydrogen) atoms. The van der Waals surface area contributed by atoms with Crippen LogP contribution in [0.1, 0.15) is 44.2 Å². The summed E-state index contributed by atoms with van der Waals surface area (Å²) in [5, 5.41) is 15.9. The minimum absolute atomic E-state index is 0. The van der Waals surface area contributed by atoms with Crippen molar-refractivity contribution in [2.45, 2.75) is 46.5 Å². The largest absolute Gasteiger partial charge is 0.496 e. The van der Waals surface area contributed by atoms with Gasteiger partial charge in [-0.2, -0.15) is 0 Å². The molecule has 0 heterocycles. The maximum Gasteiger partial charge on any atom is 0.191 e. The Balaban J connectivity index is 0.00000625. The van der Waals surface area contributed by atoms with Gasteiger partial charge in [0.25, 0.3) is 0 Å². The van der Waals surface area contributed by atoms with Crippen LogP contribution < -0.4 is 15.4 Å². The van der Waals surface area contributed by atoms with Gasteiger partial charge < -0.3 is 20.5 Å². The minimum Gasteiger partial charge on any atom is -0.496 e. The van der Waals surface area contributed by atoms with Crippen molar-refractivity contribution in [3.05, 3.63) is 29.3 Å². The molecule has 1 unspecified atom stereocenters. The van der Waals surface area contributed by atoms with Crippen LogP contribution in [0.4, 0.5) is 0 Å². The molecule has 0 bridgehead atoms. The second-order valence-corrected chi connectivity index (χ2v) is 6.38. The summed E-state index contributed by atoms with van der Waals surface area (Å²) in [5.74, 6) is 2.22. The Morgan fingerprint density at radius 2 is 2.00 bits per heavy atom. The van der Waals surface area contributed by atoms with Crippen LogP contribution in [0, 0.1) is 12.8 Å². The summed E-state index contributed by atoms with van der Waals surface area (Å²) < 4.78 is 5.44. The van der Waals surface area contributed by atoms with Crippen molar-refractivity contribution in [2.75, 3.05) is 33.4 Å². The van der Waals surface area contributed by atoms with Gasteiger partial charge in [0.2, 0.25) is 0 Å². The third-order valence-corrected chi connectivity index (χ3v) is 4.21. The number of aliphatic hydroxyl groups excluding tert-OH is 1. The van der Waals surface area contributed by atoms with E-state index < -0.39 is 0 Å². The molecule has 1 rings (SSSR count). The molecule has 5 nitrogen and oxygen atoms in total. The highest BCUT2D eigenvalue weighted by molar-refractivity contribution is 14.0. The summed E-state index contributed by atoms with van der Waals surface area (Å²) in [6, 6.07) is 6.26. The fraction of sp³-hybridized carbons (Fsp3) is 0.650. The van der Waals surface area contributed by atoms with Crippen molar-refractivity contribution < 1.29 is 9.84 Å². The molecule has 1 aromatic rings. The Hall–Kier alpha value is -1.02. The fourth-order valence-electron chi connectivity index (χ4n) is 2.90. The number of nitrogens with zero attached hydrogens (tertiary/aromatic N) is 1. The van der Waals surface area contributed by atoms with E-state index in [1.54, 1.807) is 7.11 Å². The smallest absolute Gasteiger partial charge is 0.191 e. The Bertz CT molecular complexity index is 518. The maximum absolute atomic E-state index is 9.18. The van der Waals surface area contributed by atoms with Gasteiger partial charge in [-0.1, -0.05) is 31.0 Å². The van der Waals surface area contributed by atoms with Crippen molar-refractivity contribution in [2.24, 2.45) is 10.9 Å². The summed E-state index contributed by atoms with van der Waals surface area (Å²) in [6.07, 6.45) is 3.92. The SMILES string of the molecule is CCCC(CCO)CN=C(NCC)NCCc1cc(C)ccc1OC.I. The van der Waals surface area contributed by atoms with Crippen LogP contribution in [0.3, 0.4) is 0 Å². The first kappa shape index (κ1) is 25.0. The highest BCUT2D eigenvalue weighted by Gasteiger charge is 2.08. The molecule has 0 aliphatic carbocycles. The fourth-order valence-corrected chi connectivity index (χ4v) is 2.90. The van der Waals surface area contributed by atoms with Crippen LogP contribution in [0.25, 0.3) is 0 Å². The molecule has 0 saturated carbocycles. The molecule has 0 aromatic heterocycles. The van der Waals surface area contributed by atoms with Gasteiger partial charge in [-0.25, -0.2) is 0 Å². The molecule has 0 fully saturated rings. The van der Waals surface area contributed by atoms with E-state index in [1.165, 1.54) is 11.1 Å². The Morgan fingerprint density at radius 3 is 2.62 bits per heavy atom. The van der Waals surface area contributed by atoms with Crippen molar-refractivity contribution in [3.8, 4) is 5.75 Å². The first-order valence-corrected chi connectivity index (χ1v) is 9.41. The zero-order chi connectivity index (χ0) is 18.5. The van der Waals surface area contributed by atoms with E-state index in [1.807, 2.05) is 6.07 Å². The highest BCUT2D eigenvalue weighted by atomic mass is 127. The maximum atomic E-state index is 9.18. The predicted octanol–water partition coefficient (Wildman–Crippen LogP) is 3.52. The number of hydrogen-bond acceptors (Lipinski definition) is 3. The molecule has 1 atom stereocenters. The number of aliphatic imine (C=N–C) groups is 1. The number of nitrogens with one attached hydrogen (secondary N) is 2. The number of aliphatic hydroxyl groups is 1. The lowest BCUT2D eigenvalue weighted by Gasteiger charge is -2.16. The number of aryl methyl sites for hydroxylation is 1. The molecule has 0 spiro atoms. The second kappa shape index (κ2) is 15.1. The molecule has 1 aromatic carbocycles. The molecule has 0 amide bonds. The zero-order valence-electron chi connectivity index (χ0n) is 16.7. The summed E-state index contributed by atoms with van der Waals surface area (Å²) in [6.45, 7) is 8.94. The Morgan fingerprint density at radius 1 is 1.23 bits per heavy atom. The third kappa shape index (κ3) is 9.62. The number of hydrogen-bond donors (Lipinski definition) is 3. The molecule has 0 radical (unpaired) electrons. The van der Waals surface area contributed by atoms with E-state index in [9.17, 15) is 5.11 Å². The quantitative estimate of drug-likeness (QED) is 0.259. The van der Waals surface area contributed by atoms with Crippen LogP contribution in [-0.4, -0.2) is 44.4 Å². The van der Waals surface area contributed by atoms with Gasteiger partial charge in [0.05, 0.1) is 7.11 Å². The van der Waals surface area contributed by atoms with Crippen molar-refractivity contribution in [3.63, 3.8) is 0 Å². The summed E-state index contributed by atoms with van der Waals surface area (Å²) in [4.78, 5) is 4.69. The van der Waals surface area contributed by atoms with Gasteiger partial charge in [-0.3, -0.25) is 4.99 Å². The number of methoxy groups -OCH3 is 1. The van der Waals surface area contributed by atoms with Crippen molar-refractivity contribution in [1.82, 2.24) is 10.6 Å². The molecule has 0 aliphatic rings. The molecule has 150 valence electrons. The second-order valence-electron chi connectivity index (χ2n) is 6.38. The molecule has 3 N–H and O–H groups in total. The molecule has 0 aliphatic heterocycles. The first-order valence-electron chi connectivity index (χ1n) is 9.41. The van der Waals surface area contributed by atoms with Gasteiger partial charge in [-0.15, -0.1) is 24.0 Å². The van der Waals surface area contributed by atoms with E-state index >= 15 is 0 Å². The van der Waals surface area contributed by atoms with Crippen LogP contribution in [0.15, 0.2) is 23.2 Å². The topological polar surface area (TPSA) is 65.9 Å². The van der Waals surface area contributed by atoms with Crippen LogP contribution in [0.5, 0.6) is 5.75 Å². The average molecular weight is 477 g/mol. The van der Waals surface area contributed by atoms with E-state index in [4.69, 9.17) is 9.73 Å². The van der Waals surface area contributed by atoms with Crippen molar-refractivity contribution >= 4 is 29.9 Å². The number of benzene rings is 1. The first-order chi connectivity index (χ1) is 12.1. The van der Waals surface area contributed by atoms with Gasteiger partial charge in [0, 0.05) is 26.2 Å². The minimum atomic E-state index is 0. The predicted molar refractivity (Wildman–Crippen MR) is 121 cm³/mol. The van der Waals surface area contributed by atoms with E-state index in [0.717, 1.165) is 57.0 Å². The van der Waals surface area contributed by atoms with E-state index in [0.29, 0.717) is 5.92 Å². The van der Waals surface area contributed by atoms with Crippen LogP contribution >= 0.6 is 24.0 Å². The highest BCUT2D eigenvalue weighted by Crippen LogP contribution is 2.19. The number of halogens is 1. The Labute approximate surface area is 176 Å². The van der Waals surface area contributed by atoms with Gasteiger partial charge in [0.15, 0.2) is 5.96 Å². The molecule has 0 saturated heterocycles. The van der Waals surface area contributed by atoms with E-state index in [-0.39, 0.29) is 30.6 Å². The standard InChI is InChI=1S/C20H35N3O2.HI/c1-5-7-17(11-13-24)15-23-20(21-6-2)22-12-10-18-14-16(3)8-9-19(18)25-4;/h8-9,14,17,24H,5-7,10-13,15H2,1-4H3,(H2,21,22,23);1H. The lowest BCUT2D eigenvalue weighted by Crippen LogP contribution is -2.38. The number of ether oxygens (including phenoxy) is 1. The monoisotopic (exact) mass is 477 g/mol. The number of rotatable bonds is 11. The van der Waals surface area contributed by atoms with Crippen LogP contribution in [-0.2, 0) is 6.42 Å². The van der Waals surface area contributed by atoms with Gasteiger partial charge in [-0.05, 0) is 50.7 Å². The zero-order valence-corrected chi connectivity index (χ0v) is 19.0. The lowest BCUT2D eigenvalue weighted by molar-refractivity contribution is 0.253. The summed E-state index contributed by atoms with van der Waals surface area (Å²) >= 11 is 0. The molecular weight excluding hydrogens is 441 g/mol.